The summed E-state index contributed by atoms with van der Waals surface area (Å²) < 4.78 is 5.40. The minimum absolute atomic E-state index is 0.416. The number of rotatable bonds is 6. The third-order valence-corrected chi connectivity index (χ3v) is 5.52. The van der Waals surface area contributed by atoms with E-state index in [0.29, 0.717) is 5.92 Å². The summed E-state index contributed by atoms with van der Waals surface area (Å²) in [6.45, 7) is 3.30. The van der Waals surface area contributed by atoms with Crippen molar-refractivity contribution in [2.45, 2.75) is 25.2 Å². The molecule has 1 fully saturated rings. The van der Waals surface area contributed by atoms with Gasteiger partial charge in [-0.05, 0) is 43.5 Å². The molecule has 28 heavy (non-hydrogen) atoms. The van der Waals surface area contributed by atoms with Gasteiger partial charge < -0.3 is 9.64 Å². The number of hydrogen-bond acceptors (Lipinski definition) is 4. The van der Waals surface area contributed by atoms with Crippen LogP contribution in [0, 0.1) is 0 Å². The first-order valence-corrected chi connectivity index (χ1v) is 10.0. The van der Waals surface area contributed by atoms with Crippen molar-refractivity contribution in [3.8, 4) is 17.0 Å². The Bertz CT molecular complexity index is 897. The molecule has 2 aromatic carbocycles. The van der Waals surface area contributed by atoms with E-state index in [1.54, 1.807) is 13.3 Å². The Balaban J connectivity index is 1.50. The van der Waals surface area contributed by atoms with Gasteiger partial charge in [-0.1, -0.05) is 42.5 Å². The number of likely N-dealkylation sites (tertiary alicyclic amines) is 1. The molecule has 1 saturated heterocycles. The van der Waals surface area contributed by atoms with Gasteiger partial charge in [0, 0.05) is 37.0 Å². The maximum absolute atomic E-state index is 5.40. The van der Waals surface area contributed by atoms with Crippen molar-refractivity contribution >= 4 is 0 Å². The third kappa shape index (κ3) is 4.39. The molecule has 0 aliphatic carbocycles. The summed E-state index contributed by atoms with van der Waals surface area (Å²) >= 11 is 0. The number of aromatic nitrogens is 2. The minimum atomic E-state index is 0.416. The standard InChI is InChI=1S/C24H27N3O/c1-28-22-11-5-9-20(17-22)23-24(26-14-13-25-23)21-10-6-15-27(18-21)16-12-19-7-3-2-4-8-19/h2-5,7-9,11,13-14,17,21H,6,10,12,15-16,18H2,1H3. The van der Waals surface area contributed by atoms with E-state index in [2.05, 4.69) is 46.3 Å². The van der Waals surface area contributed by atoms with Crippen LogP contribution in [0.1, 0.15) is 30.0 Å². The quantitative estimate of drug-likeness (QED) is 0.634. The molecule has 0 N–H and O–H groups in total. The van der Waals surface area contributed by atoms with Gasteiger partial charge in [0.25, 0.3) is 0 Å². The molecule has 144 valence electrons. The molecule has 4 rings (SSSR count). The average Bonchev–Trinajstić information content (AvgIpc) is 2.78. The van der Waals surface area contributed by atoms with Crippen molar-refractivity contribution in [3.05, 3.63) is 78.2 Å². The Kier molecular flexibility index (Phi) is 5.98. The Morgan fingerprint density at radius 3 is 2.75 bits per heavy atom. The molecule has 1 aromatic heterocycles. The lowest BCUT2D eigenvalue weighted by Gasteiger charge is -2.33. The first-order chi connectivity index (χ1) is 13.8. The zero-order valence-electron chi connectivity index (χ0n) is 16.4. The normalized spacial score (nSPS) is 17.4. The van der Waals surface area contributed by atoms with Crippen molar-refractivity contribution in [1.82, 2.24) is 14.9 Å². The molecule has 4 nitrogen and oxygen atoms in total. The van der Waals surface area contributed by atoms with E-state index in [-0.39, 0.29) is 0 Å². The van der Waals surface area contributed by atoms with Crippen LogP contribution in [0.5, 0.6) is 5.75 Å². The van der Waals surface area contributed by atoms with Gasteiger partial charge in [-0.2, -0.15) is 0 Å². The maximum Gasteiger partial charge on any atom is 0.119 e. The van der Waals surface area contributed by atoms with E-state index in [0.717, 1.165) is 55.2 Å². The summed E-state index contributed by atoms with van der Waals surface area (Å²) in [4.78, 5) is 12.0. The molecular formula is C24H27N3O. The highest BCUT2D eigenvalue weighted by molar-refractivity contribution is 5.64. The fourth-order valence-corrected chi connectivity index (χ4v) is 4.05. The molecule has 0 radical (unpaired) electrons. The molecule has 4 heteroatoms. The second kappa shape index (κ2) is 8.98. The van der Waals surface area contributed by atoms with E-state index in [4.69, 9.17) is 9.72 Å². The van der Waals surface area contributed by atoms with E-state index in [1.165, 1.54) is 12.0 Å². The van der Waals surface area contributed by atoms with Gasteiger partial charge in [0.2, 0.25) is 0 Å². The van der Waals surface area contributed by atoms with Gasteiger partial charge in [-0.3, -0.25) is 9.97 Å². The molecule has 1 aliphatic heterocycles. The number of methoxy groups -OCH3 is 1. The van der Waals surface area contributed by atoms with Gasteiger partial charge in [0.05, 0.1) is 18.5 Å². The Labute approximate surface area is 167 Å². The summed E-state index contributed by atoms with van der Waals surface area (Å²) in [5.74, 6) is 1.27. The van der Waals surface area contributed by atoms with Crippen LogP contribution in [-0.2, 0) is 6.42 Å². The zero-order valence-corrected chi connectivity index (χ0v) is 16.4. The number of piperidine rings is 1. The predicted octanol–water partition coefficient (Wildman–Crippen LogP) is 4.57. The van der Waals surface area contributed by atoms with Crippen molar-refractivity contribution in [3.63, 3.8) is 0 Å². The average molecular weight is 374 g/mol. The van der Waals surface area contributed by atoms with Crippen molar-refractivity contribution in [2.75, 3.05) is 26.7 Å². The van der Waals surface area contributed by atoms with Crippen molar-refractivity contribution in [2.24, 2.45) is 0 Å². The first-order valence-electron chi connectivity index (χ1n) is 10.0. The first kappa shape index (κ1) is 18.6. The SMILES string of the molecule is COc1cccc(-c2nccnc2C2CCCN(CCc3ccccc3)C2)c1. The molecule has 3 aromatic rings. The number of benzene rings is 2. The van der Waals surface area contributed by atoms with Crippen molar-refractivity contribution in [1.29, 1.82) is 0 Å². The van der Waals surface area contributed by atoms with E-state index in [1.807, 2.05) is 24.4 Å². The van der Waals surface area contributed by atoms with Gasteiger partial charge in [-0.15, -0.1) is 0 Å². The molecule has 2 heterocycles. The zero-order chi connectivity index (χ0) is 19.2. The Morgan fingerprint density at radius 1 is 1.04 bits per heavy atom. The van der Waals surface area contributed by atoms with E-state index < -0.39 is 0 Å². The van der Waals surface area contributed by atoms with Crippen LogP contribution in [0.2, 0.25) is 0 Å². The van der Waals surface area contributed by atoms with Crippen LogP contribution in [0.15, 0.2) is 67.0 Å². The summed E-state index contributed by atoms with van der Waals surface area (Å²) in [5.41, 5.74) is 4.57. The maximum atomic E-state index is 5.40. The lowest BCUT2D eigenvalue weighted by Crippen LogP contribution is -2.36. The number of ether oxygens (including phenoxy) is 1. The van der Waals surface area contributed by atoms with Crippen LogP contribution in [0.4, 0.5) is 0 Å². The smallest absolute Gasteiger partial charge is 0.119 e. The predicted molar refractivity (Wildman–Crippen MR) is 113 cm³/mol. The van der Waals surface area contributed by atoms with E-state index in [9.17, 15) is 0 Å². The topological polar surface area (TPSA) is 38.3 Å². The van der Waals surface area contributed by atoms with Gasteiger partial charge >= 0.3 is 0 Å². The summed E-state index contributed by atoms with van der Waals surface area (Å²) in [7, 11) is 1.70. The summed E-state index contributed by atoms with van der Waals surface area (Å²) in [5, 5.41) is 0. The molecular weight excluding hydrogens is 346 g/mol. The third-order valence-electron chi connectivity index (χ3n) is 5.52. The highest BCUT2D eigenvalue weighted by Gasteiger charge is 2.25. The minimum Gasteiger partial charge on any atom is -0.497 e. The molecule has 1 aliphatic rings. The number of hydrogen-bond donors (Lipinski definition) is 0. The Hall–Kier alpha value is -2.72. The van der Waals surface area contributed by atoms with Gasteiger partial charge in [-0.25, -0.2) is 0 Å². The van der Waals surface area contributed by atoms with Crippen LogP contribution < -0.4 is 4.74 Å². The number of nitrogens with zero attached hydrogens (tertiary/aromatic N) is 3. The van der Waals surface area contributed by atoms with E-state index >= 15 is 0 Å². The summed E-state index contributed by atoms with van der Waals surface area (Å²) in [6, 6.07) is 18.9. The highest BCUT2D eigenvalue weighted by atomic mass is 16.5. The Morgan fingerprint density at radius 2 is 1.89 bits per heavy atom. The second-order valence-electron chi connectivity index (χ2n) is 7.40. The fourth-order valence-electron chi connectivity index (χ4n) is 4.05. The molecule has 0 saturated carbocycles. The fraction of sp³-hybridized carbons (Fsp3) is 0.333. The molecule has 1 atom stereocenters. The monoisotopic (exact) mass is 373 g/mol. The van der Waals surface area contributed by atoms with Crippen LogP contribution in [0.25, 0.3) is 11.3 Å². The molecule has 0 bridgehead atoms. The van der Waals surface area contributed by atoms with Gasteiger partial charge in [0.1, 0.15) is 5.75 Å². The van der Waals surface area contributed by atoms with Crippen molar-refractivity contribution < 1.29 is 4.74 Å². The molecule has 1 unspecified atom stereocenters. The van der Waals surface area contributed by atoms with Gasteiger partial charge in [0.15, 0.2) is 0 Å². The molecule has 0 spiro atoms. The highest BCUT2D eigenvalue weighted by Crippen LogP contribution is 2.32. The summed E-state index contributed by atoms with van der Waals surface area (Å²) in [6.07, 6.45) is 7.07. The second-order valence-corrected chi connectivity index (χ2v) is 7.40. The largest absolute Gasteiger partial charge is 0.497 e. The van der Waals surface area contributed by atoms with Crippen LogP contribution >= 0.6 is 0 Å². The van der Waals surface area contributed by atoms with Crippen LogP contribution in [0.3, 0.4) is 0 Å². The molecule has 0 amide bonds. The van der Waals surface area contributed by atoms with Crippen LogP contribution in [-0.4, -0.2) is 41.6 Å². The lowest BCUT2D eigenvalue weighted by atomic mass is 9.91. The lowest BCUT2D eigenvalue weighted by molar-refractivity contribution is 0.208.